The van der Waals surface area contributed by atoms with Crippen LogP contribution in [0.5, 0.6) is 0 Å². The van der Waals surface area contributed by atoms with Crippen LogP contribution in [0.25, 0.3) is 0 Å². The Morgan fingerprint density at radius 2 is 2.00 bits per heavy atom. The van der Waals surface area contributed by atoms with Crippen LogP contribution >= 0.6 is 0 Å². The molecule has 1 saturated heterocycles. The van der Waals surface area contributed by atoms with Crippen molar-refractivity contribution < 1.29 is 5.11 Å². The maximum atomic E-state index is 9.52. The molecule has 2 unspecified atom stereocenters. The second kappa shape index (κ2) is 5.72. The molecule has 0 radical (unpaired) electrons. The van der Waals surface area contributed by atoms with Gasteiger partial charge in [0.05, 0.1) is 6.61 Å². The van der Waals surface area contributed by atoms with Crippen LogP contribution in [0.3, 0.4) is 0 Å². The highest BCUT2D eigenvalue weighted by atomic mass is 16.3. The molecule has 0 saturated carbocycles. The summed E-state index contributed by atoms with van der Waals surface area (Å²) < 4.78 is 0. The molecule has 112 valence electrons. The Labute approximate surface area is 123 Å². The number of anilines is 1. The van der Waals surface area contributed by atoms with Gasteiger partial charge in [-0.05, 0) is 43.4 Å². The van der Waals surface area contributed by atoms with Gasteiger partial charge in [0.1, 0.15) is 5.82 Å². The van der Waals surface area contributed by atoms with Crippen molar-refractivity contribution in [3.63, 3.8) is 0 Å². The van der Waals surface area contributed by atoms with E-state index in [0.717, 1.165) is 23.6 Å². The molecule has 0 amide bonds. The molecule has 1 aliphatic rings. The third kappa shape index (κ3) is 3.14. The van der Waals surface area contributed by atoms with Crippen molar-refractivity contribution in [3.05, 3.63) is 23.4 Å². The molecule has 0 bridgehead atoms. The van der Waals surface area contributed by atoms with Gasteiger partial charge in [-0.1, -0.05) is 27.7 Å². The Morgan fingerprint density at radius 3 is 2.60 bits per heavy atom. The predicted molar refractivity (Wildman–Crippen MR) is 84.1 cm³/mol. The summed E-state index contributed by atoms with van der Waals surface area (Å²) in [5.74, 6) is 1.72. The van der Waals surface area contributed by atoms with Gasteiger partial charge in [-0.15, -0.1) is 0 Å². The third-order valence-corrected chi connectivity index (χ3v) is 4.49. The first-order valence-corrected chi connectivity index (χ1v) is 7.72. The molecule has 1 N–H and O–H groups in total. The smallest absolute Gasteiger partial charge is 0.129 e. The van der Waals surface area contributed by atoms with E-state index in [9.17, 15) is 5.11 Å². The summed E-state index contributed by atoms with van der Waals surface area (Å²) in [6.45, 7) is 12.3. The Morgan fingerprint density at radius 1 is 1.30 bits per heavy atom. The van der Waals surface area contributed by atoms with Gasteiger partial charge in [-0.25, -0.2) is 4.98 Å². The van der Waals surface area contributed by atoms with Crippen LogP contribution in [-0.2, 0) is 12.0 Å². The van der Waals surface area contributed by atoms with Crippen molar-refractivity contribution in [1.82, 2.24) is 4.98 Å². The van der Waals surface area contributed by atoms with Crippen molar-refractivity contribution in [2.24, 2.45) is 5.92 Å². The minimum atomic E-state index is 0.00453. The molecule has 3 nitrogen and oxygen atoms in total. The summed E-state index contributed by atoms with van der Waals surface area (Å²) in [5.41, 5.74) is 2.03. The van der Waals surface area contributed by atoms with E-state index < -0.39 is 0 Å². The third-order valence-electron chi connectivity index (χ3n) is 4.49. The van der Waals surface area contributed by atoms with E-state index in [-0.39, 0.29) is 12.0 Å². The van der Waals surface area contributed by atoms with Crippen LogP contribution in [0.4, 0.5) is 5.82 Å². The second-order valence-corrected chi connectivity index (χ2v) is 7.18. The molecule has 0 aromatic carbocycles. The van der Waals surface area contributed by atoms with Gasteiger partial charge in [0.25, 0.3) is 0 Å². The molecule has 1 aromatic heterocycles. The topological polar surface area (TPSA) is 36.4 Å². The molecule has 2 atom stereocenters. The SMILES string of the molecule is CC1CCCN(c2cc(CO)cc(C(C)(C)C)n2)C1C. The fourth-order valence-corrected chi connectivity index (χ4v) is 2.85. The minimum absolute atomic E-state index is 0.00453. The van der Waals surface area contributed by atoms with E-state index in [2.05, 4.69) is 39.5 Å². The maximum Gasteiger partial charge on any atom is 0.129 e. The highest BCUT2D eigenvalue weighted by molar-refractivity contribution is 5.45. The lowest BCUT2D eigenvalue weighted by molar-refractivity contribution is 0.281. The van der Waals surface area contributed by atoms with Crippen molar-refractivity contribution in [1.29, 1.82) is 0 Å². The van der Waals surface area contributed by atoms with Gasteiger partial charge in [-0.3, -0.25) is 0 Å². The normalized spacial score (nSPS) is 24.0. The van der Waals surface area contributed by atoms with E-state index in [1.54, 1.807) is 0 Å². The van der Waals surface area contributed by atoms with Gasteiger partial charge >= 0.3 is 0 Å². The summed E-state index contributed by atoms with van der Waals surface area (Å²) in [7, 11) is 0. The summed E-state index contributed by atoms with van der Waals surface area (Å²) >= 11 is 0. The van der Waals surface area contributed by atoms with E-state index in [0.29, 0.717) is 12.0 Å². The van der Waals surface area contributed by atoms with Gasteiger partial charge in [0, 0.05) is 23.7 Å². The van der Waals surface area contributed by atoms with Crippen molar-refractivity contribution in [2.45, 2.75) is 65.5 Å². The van der Waals surface area contributed by atoms with E-state index in [1.165, 1.54) is 12.8 Å². The average molecular weight is 276 g/mol. The molecular formula is C17H28N2O. The van der Waals surface area contributed by atoms with Gasteiger partial charge in [-0.2, -0.15) is 0 Å². The Balaban J connectivity index is 2.40. The van der Waals surface area contributed by atoms with Crippen molar-refractivity contribution in [2.75, 3.05) is 11.4 Å². The summed E-state index contributed by atoms with van der Waals surface area (Å²) in [6, 6.07) is 4.59. The molecule has 1 fully saturated rings. The minimum Gasteiger partial charge on any atom is -0.392 e. The first-order valence-electron chi connectivity index (χ1n) is 7.72. The number of hydrogen-bond acceptors (Lipinski definition) is 3. The molecule has 1 aliphatic heterocycles. The Bertz CT molecular complexity index is 465. The zero-order valence-corrected chi connectivity index (χ0v) is 13.5. The quantitative estimate of drug-likeness (QED) is 0.898. The predicted octanol–water partition coefficient (Wildman–Crippen LogP) is 3.50. The first-order chi connectivity index (χ1) is 9.32. The summed E-state index contributed by atoms with van der Waals surface area (Å²) in [5, 5.41) is 9.52. The number of piperidine rings is 1. The molecule has 2 heterocycles. The fourth-order valence-electron chi connectivity index (χ4n) is 2.85. The van der Waals surface area contributed by atoms with Crippen LogP contribution in [0, 0.1) is 5.92 Å². The van der Waals surface area contributed by atoms with E-state index in [4.69, 9.17) is 4.98 Å². The molecule has 0 aliphatic carbocycles. The lowest BCUT2D eigenvalue weighted by Crippen LogP contribution is -2.43. The van der Waals surface area contributed by atoms with Crippen LogP contribution < -0.4 is 4.90 Å². The molecule has 0 spiro atoms. The largest absolute Gasteiger partial charge is 0.392 e. The number of aromatic nitrogens is 1. The zero-order valence-electron chi connectivity index (χ0n) is 13.5. The van der Waals surface area contributed by atoms with Crippen molar-refractivity contribution in [3.8, 4) is 0 Å². The first kappa shape index (κ1) is 15.3. The Kier molecular flexibility index (Phi) is 4.38. The number of hydrogen-bond donors (Lipinski definition) is 1. The van der Waals surface area contributed by atoms with Crippen LogP contribution in [-0.4, -0.2) is 22.7 Å². The number of aliphatic hydroxyl groups excluding tert-OH is 1. The highest BCUT2D eigenvalue weighted by Gasteiger charge is 2.27. The average Bonchev–Trinajstić information content (AvgIpc) is 2.40. The highest BCUT2D eigenvalue weighted by Crippen LogP contribution is 2.30. The number of aliphatic hydroxyl groups is 1. The van der Waals surface area contributed by atoms with Crippen LogP contribution in [0.1, 0.15) is 58.7 Å². The number of nitrogens with zero attached hydrogens (tertiary/aromatic N) is 2. The summed E-state index contributed by atoms with van der Waals surface area (Å²) in [4.78, 5) is 7.28. The molecule has 2 rings (SSSR count). The molecule has 1 aromatic rings. The molecule has 3 heteroatoms. The fraction of sp³-hybridized carbons (Fsp3) is 0.706. The second-order valence-electron chi connectivity index (χ2n) is 7.18. The van der Waals surface area contributed by atoms with Crippen LogP contribution in [0.2, 0.25) is 0 Å². The number of rotatable bonds is 2. The maximum absolute atomic E-state index is 9.52. The van der Waals surface area contributed by atoms with Crippen LogP contribution in [0.15, 0.2) is 12.1 Å². The monoisotopic (exact) mass is 276 g/mol. The standard InChI is InChI=1S/C17H28N2O/c1-12-7-6-8-19(13(12)2)16-10-14(11-20)9-15(18-16)17(3,4)5/h9-10,12-13,20H,6-8,11H2,1-5H3. The van der Waals surface area contributed by atoms with Gasteiger partial charge in [0.2, 0.25) is 0 Å². The lowest BCUT2D eigenvalue weighted by Gasteiger charge is -2.39. The van der Waals surface area contributed by atoms with Crippen molar-refractivity contribution >= 4 is 5.82 Å². The molecular weight excluding hydrogens is 248 g/mol. The molecule has 20 heavy (non-hydrogen) atoms. The van der Waals surface area contributed by atoms with Gasteiger partial charge in [0.15, 0.2) is 0 Å². The number of pyridine rings is 1. The summed E-state index contributed by atoms with van der Waals surface area (Å²) in [6.07, 6.45) is 2.52. The Hall–Kier alpha value is -1.09. The lowest BCUT2D eigenvalue weighted by atomic mass is 9.90. The van der Waals surface area contributed by atoms with E-state index >= 15 is 0 Å². The van der Waals surface area contributed by atoms with E-state index in [1.807, 2.05) is 12.1 Å². The zero-order chi connectivity index (χ0) is 14.9. The van der Waals surface area contributed by atoms with Gasteiger partial charge < -0.3 is 10.0 Å².